The van der Waals surface area contributed by atoms with Crippen LogP contribution in [0, 0.1) is 11.3 Å². The van der Waals surface area contributed by atoms with E-state index in [-0.39, 0.29) is 5.97 Å². The Morgan fingerprint density at radius 2 is 1.88 bits per heavy atom. The molecule has 0 fully saturated rings. The van der Waals surface area contributed by atoms with Crippen molar-refractivity contribution in [1.82, 2.24) is 0 Å². The van der Waals surface area contributed by atoms with E-state index in [1.807, 2.05) is 19.9 Å². The van der Waals surface area contributed by atoms with Gasteiger partial charge in [-0.1, -0.05) is 19.9 Å². The second-order valence-corrected chi connectivity index (χ2v) is 3.71. The molecule has 17 heavy (non-hydrogen) atoms. The first-order valence-electron chi connectivity index (χ1n) is 5.90. The molecule has 0 saturated carbocycles. The summed E-state index contributed by atoms with van der Waals surface area (Å²) in [5.74, 6) is -0.344. The van der Waals surface area contributed by atoms with E-state index in [1.54, 1.807) is 13.0 Å². The first-order valence-corrected chi connectivity index (χ1v) is 5.90. The highest BCUT2D eigenvalue weighted by Crippen LogP contribution is 2.19. The average Bonchev–Trinajstić information content (AvgIpc) is 2.37. The lowest BCUT2D eigenvalue weighted by atomic mass is 9.96. The molecule has 0 aromatic heterocycles. The largest absolute Gasteiger partial charge is 0.462 e. The first-order chi connectivity index (χ1) is 8.17. The van der Waals surface area contributed by atoms with E-state index in [9.17, 15) is 4.79 Å². The van der Waals surface area contributed by atoms with Gasteiger partial charge in [0, 0.05) is 0 Å². The highest BCUT2D eigenvalue weighted by Gasteiger charge is 2.14. The third-order valence-electron chi connectivity index (χ3n) is 2.71. The lowest BCUT2D eigenvalue weighted by molar-refractivity contribution is 0.0525. The van der Waals surface area contributed by atoms with Gasteiger partial charge in [-0.25, -0.2) is 4.79 Å². The number of aryl methyl sites for hydroxylation is 2. The topological polar surface area (TPSA) is 50.1 Å². The van der Waals surface area contributed by atoms with Crippen molar-refractivity contribution in [3.63, 3.8) is 0 Å². The van der Waals surface area contributed by atoms with Gasteiger partial charge >= 0.3 is 5.97 Å². The van der Waals surface area contributed by atoms with Gasteiger partial charge in [0.05, 0.1) is 23.8 Å². The van der Waals surface area contributed by atoms with E-state index in [0.717, 1.165) is 24.0 Å². The molecule has 0 amide bonds. The number of nitrogens with zero attached hydrogens (tertiary/aromatic N) is 1. The Hall–Kier alpha value is -1.82. The Labute approximate surface area is 102 Å². The molecule has 0 bridgehead atoms. The fourth-order valence-electron chi connectivity index (χ4n) is 1.78. The van der Waals surface area contributed by atoms with Gasteiger partial charge in [0.2, 0.25) is 0 Å². The lowest BCUT2D eigenvalue weighted by Crippen LogP contribution is -2.09. The van der Waals surface area contributed by atoms with Crippen LogP contribution in [0.1, 0.15) is 47.8 Å². The van der Waals surface area contributed by atoms with E-state index in [1.165, 1.54) is 0 Å². The number of hydrogen-bond acceptors (Lipinski definition) is 3. The minimum absolute atomic E-state index is 0.344. The van der Waals surface area contributed by atoms with Gasteiger partial charge in [-0.3, -0.25) is 0 Å². The Morgan fingerprint density at radius 3 is 2.35 bits per heavy atom. The summed E-state index contributed by atoms with van der Waals surface area (Å²) in [5, 5.41) is 9.05. The zero-order valence-corrected chi connectivity index (χ0v) is 10.5. The zero-order valence-electron chi connectivity index (χ0n) is 10.5. The van der Waals surface area contributed by atoms with E-state index in [4.69, 9.17) is 10.00 Å². The normalized spacial score (nSPS) is 9.76. The highest BCUT2D eigenvalue weighted by molar-refractivity contribution is 5.91. The summed E-state index contributed by atoms with van der Waals surface area (Å²) in [5.41, 5.74) is 3.01. The summed E-state index contributed by atoms with van der Waals surface area (Å²) in [6.45, 7) is 6.11. The standard InChI is InChI=1S/C14H17NO2/c1-4-10-7-11(5-2)13(8-12(10)9-15)14(16)17-6-3/h7-8H,4-6H2,1-3H3. The Morgan fingerprint density at radius 1 is 1.24 bits per heavy atom. The second-order valence-electron chi connectivity index (χ2n) is 3.71. The molecule has 1 rings (SSSR count). The summed E-state index contributed by atoms with van der Waals surface area (Å²) in [4.78, 5) is 11.8. The van der Waals surface area contributed by atoms with Crippen LogP contribution in [0.5, 0.6) is 0 Å². The van der Waals surface area contributed by atoms with Crippen molar-refractivity contribution in [3.8, 4) is 6.07 Å². The summed E-state index contributed by atoms with van der Waals surface area (Å²) in [7, 11) is 0. The fraction of sp³-hybridized carbons (Fsp3) is 0.429. The van der Waals surface area contributed by atoms with Crippen molar-refractivity contribution >= 4 is 5.97 Å². The van der Waals surface area contributed by atoms with Gasteiger partial charge < -0.3 is 4.74 Å². The lowest BCUT2D eigenvalue weighted by Gasteiger charge is -2.10. The molecule has 0 spiro atoms. The number of nitriles is 1. The van der Waals surface area contributed by atoms with E-state index in [2.05, 4.69) is 6.07 Å². The van der Waals surface area contributed by atoms with Crippen LogP contribution < -0.4 is 0 Å². The van der Waals surface area contributed by atoms with Crippen LogP contribution in [-0.4, -0.2) is 12.6 Å². The average molecular weight is 231 g/mol. The molecule has 0 heterocycles. The maximum absolute atomic E-state index is 11.8. The minimum Gasteiger partial charge on any atom is -0.462 e. The Kier molecular flexibility index (Phi) is 4.71. The predicted molar refractivity (Wildman–Crippen MR) is 65.9 cm³/mol. The smallest absolute Gasteiger partial charge is 0.338 e. The molecular weight excluding hydrogens is 214 g/mol. The number of ether oxygens (including phenoxy) is 1. The third kappa shape index (κ3) is 2.85. The van der Waals surface area contributed by atoms with Crippen molar-refractivity contribution in [2.24, 2.45) is 0 Å². The Bertz CT molecular complexity index is 458. The molecule has 0 saturated heterocycles. The van der Waals surface area contributed by atoms with Crippen molar-refractivity contribution < 1.29 is 9.53 Å². The molecule has 0 unspecified atom stereocenters. The van der Waals surface area contributed by atoms with Gasteiger partial charge in [-0.05, 0) is 37.0 Å². The molecular formula is C14H17NO2. The molecule has 1 aromatic rings. The second kappa shape index (κ2) is 6.05. The molecule has 90 valence electrons. The van der Waals surface area contributed by atoms with Crippen LogP contribution in [0.2, 0.25) is 0 Å². The molecule has 0 N–H and O–H groups in total. The highest BCUT2D eigenvalue weighted by atomic mass is 16.5. The van der Waals surface area contributed by atoms with Crippen molar-refractivity contribution in [3.05, 3.63) is 34.4 Å². The first kappa shape index (κ1) is 13.2. The maximum Gasteiger partial charge on any atom is 0.338 e. The number of hydrogen-bond donors (Lipinski definition) is 0. The zero-order chi connectivity index (χ0) is 12.8. The molecule has 3 heteroatoms. The Balaban J connectivity index is 3.29. The van der Waals surface area contributed by atoms with Gasteiger partial charge in [-0.15, -0.1) is 0 Å². The number of carbonyl (C=O) groups excluding carboxylic acids is 1. The van der Waals surface area contributed by atoms with Gasteiger partial charge in [-0.2, -0.15) is 5.26 Å². The number of rotatable bonds is 4. The van der Waals surface area contributed by atoms with Crippen molar-refractivity contribution in [2.45, 2.75) is 33.6 Å². The van der Waals surface area contributed by atoms with Gasteiger partial charge in [0.25, 0.3) is 0 Å². The summed E-state index contributed by atoms with van der Waals surface area (Å²) >= 11 is 0. The minimum atomic E-state index is -0.344. The summed E-state index contributed by atoms with van der Waals surface area (Å²) in [6.07, 6.45) is 1.55. The van der Waals surface area contributed by atoms with Crippen LogP contribution >= 0.6 is 0 Å². The number of esters is 1. The summed E-state index contributed by atoms with van der Waals surface area (Å²) < 4.78 is 5.00. The molecule has 0 aliphatic rings. The predicted octanol–water partition coefficient (Wildman–Crippen LogP) is 2.86. The van der Waals surface area contributed by atoms with Crippen LogP contribution in [-0.2, 0) is 17.6 Å². The molecule has 0 aliphatic carbocycles. The van der Waals surface area contributed by atoms with Crippen LogP contribution in [0.15, 0.2) is 12.1 Å². The van der Waals surface area contributed by atoms with Gasteiger partial charge in [0.15, 0.2) is 0 Å². The maximum atomic E-state index is 11.8. The molecule has 0 aliphatic heterocycles. The molecule has 0 atom stereocenters. The van der Waals surface area contributed by atoms with Gasteiger partial charge in [0.1, 0.15) is 0 Å². The van der Waals surface area contributed by atoms with Crippen molar-refractivity contribution in [1.29, 1.82) is 5.26 Å². The number of carbonyl (C=O) groups is 1. The quantitative estimate of drug-likeness (QED) is 0.749. The monoisotopic (exact) mass is 231 g/mol. The van der Waals surface area contributed by atoms with Crippen LogP contribution in [0.4, 0.5) is 0 Å². The van der Waals surface area contributed by atoms with Crippen LogP contribution in [0.3, 0.4) is 0 Å². The van der Waals surface area contributed by atoms with E-state index < -0.39 is 0 Å². The summed E-state index contributed by atoms with van der Waals surface area (Å²) in [6, 6.07) is 5.71. The molecule has 1 aromatic carbocycles. The fourth-order valence-corrected chi connectivity index (χ4v) is 1.78. The molecule has 0 radical (unpaired) electrons. The van der Waals surface area contributed by atoms with Crippen molar-refractivity contribution in [2.75, 3.05) is 6.61 Å². The molecule has 3 nitrogen and oxygen atoms in total. The third-order valence-corrected chi connectivity index (χ3v) is 2.71. The SMILES string of the molecule is CCOC(=O)c1cc(C#N)c(CC)cc1CC. The number of benzene rings is 1. The van der Waals surface area contributed by atoms with Crippen LogP contribution in [0.25, 0.3) is 0 Å². The van der Waals surface area contributed by atoms with E-state index in [0.29, 0.717) is 17.7 Å². The van der Waals surface area contributed by atoms with E-state index >= 15 is 0 Å².